The van der Waals surface area contributed by atoms with Gasteiger partial charge in [0.1, 0.15) is 0 Å². The van der Waals surface area contributed by atoms with Gasteiger partial charge in [0.05, 0.1) is 23.1 Å². The van der Waals surface area contributed by atoms with Crippen molar-refractivity contribution >= 4 is 15.9 Å². The van der Waals surface area contributed by atoms with E-state index in [9.17, 15) is 13.2 Å². The lowest BCUT2D eigenvalue weighted by Gasteiger charge is -2.05. The van der Waals surface area contributed by atoms with Crippen molar-refractivity contribution in [2.75, 3.05) is 6.54 Å². The molecule has 0 fully saturated rings. The zero-order chi connectivity index (χ0) is 12.2. The summed E-state index contributed by atoms with van der Waals surface area (Å²) < 4.78 is 24.8. The van der Waals surface area contributed by atoms with Crippen LogP contribution in [0.2, 0.25) is 0 Å². The second-order valence-corrected chi connectivity index (χ2v) is 4.55. The Morgan fingerprint density at radius 1 is 1.38 bits per heavy atom. The summed E-state index contributed by atoms with van der Waals surface area (Å²) >= 11 is 0. The number of hydrogen-bond donors (Lipinski definition) is 2. The van der Waals surface area contributed by atoms with Gasteiger partial charge in [-0.1, -0.05) is 0 Å². The van der Waals surface area contributed by atoms with Crippen molar-refractivity contribution in [3.8, 4) is 6.07 Å². The quantitative estimate of drug-likeness (QED) is 0.725. The van der Waals surface area contributed by atoms with Gasteiger partial charge in [0.15, 0.2) is 0 Å². The van der Waals surface area contributed by atoms with Gasteiger partial charge < -0.3 is 5.73 Å². The first-order valence-corrected chi connectivity index (χ1v) is 5.74. The number of amides is 1. The maximum absolute atomic E-state index is 11.5. The van der Waals surface area contributed by atoms with Crippen molar-refractivity contribution in [2.24, 2.45) is 5.73 Å². The molecule has 1 rings (SSSR count). The maximum atomic E-state index is 11.5. The molecule has 0 aliphatic heterocycles. The molecule has 0 saturated carbocycles. The summed E-state index contributed by atoms with van der Waals surface area (Å²) in [4.78, 5) is 10.8. The minimum absolute atomic E-state index is 0.0895. The molecule has 0 heterocycles. The summed E-state index contributed by atoms with van der Waals surface area (Å²) in [5, 5.41) is 8.53. The van der Waals surface area contributed by atoms with Crippen molar-refractivity contribution in [3.63, 3.8) is 0 Å². The van der Waals surface area contributed by atoms with Crippen LogP contribution >= 0.6 is 0 Å². The van der Waals surface area contributed by atoms with Crippen LogP contribution in [0.15, 0.2) is 29.2 Å². The highest BCUT2D eigenvalue weighted by molar-refractivity contribution is 7.90. The Balaban J connectivity index is 3.00. The van der Waals surface area contributed by atoms with Gasteiger partial charge in [-0.2, -0.15) is 5.26 Å². The van der Waals surface area contributed by atoms with Gasteiger partial charge in [0.25, 0.3) is 10.0 Å². The lowest BCUT2D eigenvalue weighted by molar-refractivity contribution is -0.118. The number of hydrogen-bond acceptors (Lipinski definition) is 5. The first-order valence-electron chi connectivity index (χ1n) is 4.25. The molecule has 0 bridgehead atoms. The lowest BCUT2D eigenvalue weighted by Crippen LogP contribution is -2.35. The van der Waals surface area contributed by atoms with Gasteiger partial charge >= 0.3 is 0 Å². The molecule has 0 atom stereocenters. The number of nitrogens with two attached hydrogens (primary N) is 1. The number of nitriles is 1. The second-order valence-electron chi connectivity index (χ2n) is 2.87. The van der Waals surface area contributed by atoms with E-state index in [0.29, 0.717) is 5.56 Å². The molecule has 0 radical (unpaired) electrons. The molecule has 0 spiro atoms. The first kappa shape index (κ1) is 12.2. The number of sulfonamides is 1. The molecule has 0 unspecified atom stereocenters. The van der Waals surface area contributed by atoms with E-state index >= 15 is 0 Å². The van der Waals surface area contributed by atoms with E-state index in [0.717, 1.165) is 0 Å². The number of nitrogens with zero attached hydrogens (tertiary/aromatic N) is 1. The third-order valence-corrected chi connectivity index (χ3v) is 3.12. The van der Waals surface area contributed by atoms with Crippen LogP contribution in [0.5, 0.6) is 0 Å². The number of rotatable bonds is 3. The Bertz CT molecular complexity index is 528. The molecule has 1 aromatic carbocycles. The van der Waals surface area contributed by atoms with Crippen molar-refractivity contribution in [2.45, 2.75) is 4.90 Å². The molecule has 3 N–H and O–H groups in total. The van der Waals surface area contributed by atoms with E-state index in [-0.39, 0.29) is 4.90 Å². The van der Waals surface area contributed by atoms with Crippen molar-refractivity contribution < 1.29 is 13.2 Å². The normalized spacial score (nSPS) is 10.5. The Morgan fingerprint density at radius 2 is 1.94 bits per heavy atom. The summed E-state index contributed by atoms with van der Waals surface area (Å²) in [6.07, 6.45) is 0. The highest BCUT2D eigenvalue weighted by Crippen LogP contribution is 2.09. The molecule has 0 saturated heterocycles. The first-order chi connectivity index (χ1) is 7.49. The van der Waals surface area contributed by atoms with E-state index in [4.69, 9.17) is 11.0 Å². The lowest BCUT2D eigenvalue weighted by atomic mass is 10.2. The average Bonchev–Trinajstić information content (AvgIpc) is 2.28. The van der Waals surface area contributed by atoms with Crippen LogP contribution in [0, 0.1) is 11.3 Å². The largest absolute Gasteiger partial charge is 0.322 e. The van der Waals surface area contributed by atoms with Crippen LogP contribution in [0.4, 0.5) is 0 Å². The van der Waals surface area contributed by atoms with Gasteiger partial charge in [-0.25, -0.2) is 13.1 Å². The molecule has 84 valence electrons. The van der Waals surface area contributed by atoms with Crippen LogP contribution in [0.1, 0.15) is 5.56 Å². The molecule has 1 amide bonds. The molecular weight excluding hydrogens is 230 g/mol. The average molecular weight is 239 g/mol. The molecule has 0 aliphatic rings. The van der Waals surface area contributed by atoms with Crippen LogP contribution in [-0.4, -0.2) is 20.9 Å². The van der Waals surface area contributed by atoms with Gasteiger partial charge in [-0.05, 0) is 24.3 Å². The van der Waals surface area contributed by atoms with Gasteiger partial charge in [-0.3, -0.25) is 4.79 Å². The number of carbonyl (C=O) groups excluding carboxylic acids is 1. The minimum atomic E-state index is -3.89. The fraction of sp³-hybridized carbons (Fsp3) is 0.111. The topological polar surface area (TPSA) is 113 Å². The molecule has 16 heavy (non-hydrogen) atoms. The summed E-state index contributed by atoms with van der Waals surface area (Å²) in [5.74, 6) is -0.788. The summed E-state index contributed by atoms with van der Waals surface area (Å²) in [7, 11) is -3.89. The fourth-order valence-electron chi connectivity index (χ4n) is 0.959. The zero-order valence-electron chi connectivity index (χ0n) is 8.17. The van der Waals surface area contributed by atoms with E-state index < -0.39 is 22.5 Å². The fourth-order valence-corrected chi connectivity index (χ4v) is 1.95. The molecule has 1 aromatic rings. The van der Waals surface area contributed by atoms with Crippen LogP contribution in [0.3, 0.4) is 0 Å². The van der Waals surface area contributed by atoms with Crippen molar-refractivity contribution in [1.29, 1.82) is 5.26 Å². The van der Waals surface area contributed by atoms with E-state index in [1.807, 2.05) is 6.07 Å². The monoisotopic (exact) mass is 239 g/mol. The summed E-state index contributed by atoms with van der Waals surface area (Å²) in [6, 6.07) is 7.03. The molecule has 0 aliphatic carbocycles. The van der Waals surface area contributed by atoms with Crippen molar-refractivity contribution in [1.82, 2.24) is 4.72 Å². The SMILES string of the molecule is N#Cc1ccc(S(=O)(=O)NC(=O)CN)cc1. The van der Waals surface area contributed by atoms with Crippen LogP contribution in [0.25, 0.3) is 0 Å². The highest BCUT2D eigenvalue weighted by atomic mass is 32.2. The van der Waals surface area contributed by atoms with E-state index in [2.05, 4.69) is 0 Å². The molecule has 0 aromatic heterocycles. The Morgan fingerprint density at radius 3 is 2.38 bits per heavy atom. The smallest absolute Gasteiger partial charge is 0.264 e. The third-order valence-electron chi connectivity index (χ3n) is 1.73. The highest BCUT2D eigenvalue weighted by Gasteiger charge is 2.16. The van der Waals surface area contributed by atoms with E-state index in [1.54, 1.807) is 4.72 Å². The van der Waals surface area contributed by atoms with Crippen LogP contribution in [-0.2, 0) is 14.8 Å². The molecular formula is C9H9N3O3S. The number of carbonyl (C=O) groups is 1. The predicted molar refractivity (Wildman–Crippen MR) is 55.5 cm³/mol. The third kappa shape index (κ3) is 2.79. The Kier molecular flexibility index (Phi) is 3.60. The number of nitrogens with one attached hydrogen (secondary N) is 1. The molecule has 6 nitrogen and oxygen atoms in total. The second kappa shape index (κ2) is 4.74. The molecule has 7 heteroatoms. The number of benzene rings is 1. The van der Waals surface area contributed by atoms with Gasteiger partial charge in [0.2, 0.25) is 5.91 Å². The minimum Gasteiger partial charge on any atom is -0.322 e. The standard InChI is InChI=1S/C9H9N3O3S/c10-5-7-1-3-8(4-2-7)16(14,15)12-9(13)6-11/h1-4H,6,11H2,(H,12,13). The van der Waals surface area contributed by atoms with Gasteiger partial charge in [0, 0.05) is 0 Å². The Labute approximate surface area is 92.7 Å². The van der Waals surface area contributed by atoms with Crippen LogP contribution < -0.4 is 10.5 Å². The van der Waals surface area contributed by atoms with E-state index in [1.165, 1.54) is 24.3 Å². The van der Waals surface area contributed by atoms with Crippen molar-refractivity contribution in [3.05, 3.63) is 29.8 Å². The summed E-state index contributed by atoms with van der Waals surface area (Å²) in [5.41, 5.74) is 5.32. The van der Waals surface area contributed by atoms with Gasteiger partial charge in [-0.15, -0.1) is 0 Å². The Hall–Kier alpha value is -1.91. The summed E-state index contributed by atoms with van der Waals surface area (Å²) in [6.45, 7) is -0.407. The zero-order valence-corrected chi connectivity index (χ0v) is 8.99. The maximum Gasteiger partial charge on any atom is 0.264 e. The predicted octanol–water partition coefficient (Wildman–Crippen LogP) is -0.678.